The Morgan fingerprint density at radius 2 is 0.842 bits per heavy atom. The van der Waals surface area contributed by atoms with Gasteiger partial charge in [0, 0.05) is 21.3 Å². The Balaban J connectivity index is -0.0000000865. The Kier molecular flexibility index (Phi) is 30.9. The Morgan fingerprint density at radius 1 is 0.684 bits per heavy atom. The molecule has 0 radical (unpaired) electrons. The zero-order valence-electron chi connectivity index (χ0n) is 10.9. The minimum absolute atomic E-state index is 0. The number of hydrogen-bond acceptors (Lipinski definition) is 9. The van der Waals surface area contributed by atoms with Crippen LogP contribution in [0, 0.1) is 0 Å². The van der Waals surface area contributed by atoms with Crippen LogP contribution < -0.4 is 15.3 Å². The number of methoxy groups -OCH3 is 3. The molecule has 0 aliphatic heterocycles. The van der Waals surface area contributed by atoms with E-state index >= 15 is 0 Å². The summed E-state index contributed by atoms with van der Waals surface area (Å²) in [5, 5.41) is 28.1. The van der Waals surface area contributed by atoms with Gasteiger partial charge < -0.3 is 43.9 Å². The first-order valence-electron chi connectivity index (χ1n) is 4.38. The van der Waals surface area contributed by atoms with Crippen molar-refractivity contribution in [2.24, 2.45) is 0 Å². The molecule has 108 valence electrons. The average Bonchev–Trinajstić information content (AvgIpc) is 2.18. The normalized spacial score (nSPS) is 7.74. The van der Waals surface area contributed by atoms with E-state index in [-0.39, 0.29) is 39.6 Å². The molecule has 0 spiro atoms. The summed E-state index contributed by atoms with van der Waals surface area (Å²) in [6, 6.07) is 0. The van der Waals surface area contributed by atoms with Gasteiger partial charge in [-0.2, -0.15) is 0 Å². The predicted molar refractivity (Wildman–Crippen MR) is 56.4 cm³/mol. The molecule has 0 rings (SSSR count). The number of hydrogen-bond donors (Lipinski definition) is 0. The third kappa shape index (κ3) is 60.0. The number of ether oxygens (including phenoxy) is 3. The van der Waals surface area contributed by atoms with E-state index < -0.39 is 17.9 Å². The summed E-state index contributed by atoms with van der Waals surface area (Å²) in [5.74, 6) is -3.55. The molecule has 9 nitrogen and oxygen atoms in total. The third-order valence-corrected chi connectivity index (χ3v) is 0.787. The van der Waals surface area contributed by atoms with Gasteiger partial charge in [-0.05, 0) is 0 Å². The van der Waals surface area contributed by atoms with E-state index in [4.69, 9.17) is 0 Å². The van der Waals surface area contributed by atoms with Gasteiger partial charge in [-0.3, -0.25) is 0 Å². The molecule has 0 aromatic heterocycles. The molecule has 0 atom stereocenters. The standard InChI is InChI=1S/3C3H6O3.Ga/c3*1-6-2-3(4)5;/h3*2H2,1H3,(H,4,5);/q;;;+3/p-3. The Morgan fingerprint density at radius 3 is 0.842 bits per heavy atom. The first kappa shape index (κ1) is 26.5. The molecule has 19 heavy (non-hydrogen) atoms. The second-order valence-corrected chi connectivity index (χ2v) is 2.42. The maximum Gasteiger partial charge on any atom is 3.00 e. The van der Waals surface area contributed by atoms with E-state index in [2.05, 4.69) is 14.2 Å². The number of rotatable bonds is 6. The first-order valence-corrected chi connectivity index (χ1v) is 4.38. The van der Waals surface area contributed by atoms with Crippen molar-refractivity contribution in [2.45, 2.75) is 0 Å². The maximum atomic E-state index is 9.36. The zero-order chi connectivity index (χ0) is 15.0. The number of carbonyl (C=O) groups is 3. The molecule has 0 amide bonds. The van der Waals surface area contributed by atoms with Crippen molar-refractivity contribution in [1.82, 2.24) is 0 Å². The van der Waals surface area contributed by atoms with Crippen molar-refractivity contribution >= 4 is 37.7 Å². The van der Waals surface area contributed by atoms with E-state index in [9.17, 15) is 29.7 Å². The van der Waals surface area contributed by atoms with Crippen LogP contribution in [0.15, 0.2) is 0 Å². The molecular formula is C9H15GaO9. The van der Waals surface area contributed by atoms with Crippen LogP contribution in [0.2, 0.25) is 0 Å². The fraction of sp³-hybridized carbons (Fsp3) is 0.667. The second kappa shape index (κ2) is 22.1. The summed E-state index contributed by atoms with van der Waals surface area (Å²) < 4.78 is 12.4. The molecule has 0 unspecified atom stereocenters. The van der Waals surface area contributed by atoms with E-state index in [0.29, 0.717) is 0 Å². The van der Waals surface area contributed by atoms with Crippen molar-refractivity contribution < 1.29 is 43.9 Å². The summed E-state index contributed by atoms with van der Waals surface area (Å²) in [6.45, 7) is -0.958. The van der Waals surface area contributed by atoms with Gasteiger partial charge >= 0.3 is 19.8 Å². The van der Waals surface area contributed by atoms with E-state index in [1.165, 1.54) is 21.3 Å². The number of aliphatic carboxylic acids is 3. The number of carboxylic acid groups (broad SMARTS) is 3. The maximum absolute atomic E-state index is 9.36. The van der Waals surface area contributed by atoms with Crippen molar-refractivity contribution in [1.29, 1.82) is 0 Å². The van der Waals surface area contributed by atoms with Crippen LogP contribution in [0.3, 0.4) is 0 Å². The molecule has 0 aliphatic carbocycles. The molecule has 0 heterocycles. The van der Waals surface area contributed by atoms with Crippen molar-refractivity contribution in [3.8, 4) is 0 Å². The fourth-order valence-electron chi connectivity index (χ4n) is 0.354. The predicted octanol–water partition coefficient (Wildman–Crippen LogP) is -5.23. The molecule has 0 aromatic carbocycles. The first-order chi connectivity index (χ1) is 8.31. The molecule has 0 aromatic rings. The zero-order valence-corrected chi connectivity index (χ0v) is 13.3. The largest absolute Gasteiger partial charge is 3.00 e. The fourth-order valence-corrected chi connectivity index (χ4v) is 0.354. The summed E-state index contributed by atoms with van der Waals surface area (Å²) in [5.41, 5.74) is 0. The van der Waals surface area contributed by atoms with Crippen LogP contribution in [0.1, 0.15) is 0 Å². The SMILES string of the molecule is COCC(=O)[O-].COCC(=O)[O-].COCC(=O)[O-].[Ga+3]. The van der Waals surface area contributed by atoms with Crippen LogP contribution in [0.4, 0.5) is 0 Å². The summed E-state index contributed by atoms with van der Waals surface area (Å²) in [7, 11) is 3.90. The minimum Gasteiger partial charge on any atom is -0.548 e. The van der Waals surface area contributed by atoms with E-state index in [0.717, 1.165) is 0 Å². The molecule has 0 aliphatic rings. The summed E-state index contributed by atoms with van der Waals surface area (Å²) in [4.78, 5) is 28.1. The van der Waals surface area contributed by atoms with Crippen LogP contribution in [-0.2, 0) is 28.6 Å². The summed E-state index contributed by atoms with van der Waals surface area (Å²) in [6.07, 6.45) is 0. The third-order valence-electron chi connectivity index (χ3n) is 0.787. The monoisotopic (exact) mass is 336 g/mol. The van der Waals surface area contributed by atoms with Crippen LogP contribution in [0.5, 0.6) is 0 Å². The van der Waals surface area contributed by atoms with Crippen molar-refractivity contribution in [2.75, 3.05) is 41.2 Å². The minimum atomic E-state index is -1.18. The van der Waals surface area contributed by atoms with Crippen LogP contribution >= 0.6 is 0 Å². The van der Waals surface area contributed by atoms with Crippen molar-refractivity contribution in [3.63, 3.8) is 0 Å². The quantitative estimate of drug-likeness (QED) is 0.433. The summed E-state index contributed by atoms with van der Waals surface area (Å²) >= 11 is 0. The van der Waals surface area contributed by atoms with Gasteiger partial charge in [-0.15, -0.1) is 0 Å². The van der Waals surface area contributed by atoms with Gasteiger partial charge in [0.05, 0.1) is 37.7 Å². The Hall–Kier alpha value is -1.07. The number of carbonyl (C=O) groups excluding carboxylic acids is 3. The second-order valence-electron chi connectivity index (χ2n) is 2.42. The molecule has 0 fully saturated rings. The molecular weight excluding hydrogens is 322 g/mol. The molecule has 0 saturated heterocycles. The van der Waals surface area contributed by atoms with Crippen molar-refractivity contribution in [3.05, 3.63) is 0 Å². The molecule has 0 bridgehead atoms. The van der Waals surface area contributed by atoms with Gasteiger partial charge in [-0.25, -0.2) is 0 Å². The van der Waals surface area contributed by atoms with Gasteiger partial charge in [-0.1, -0.05) is 0 Å². The van der Waals surface area contributed by atoms with Gasteiger partial charge in [0.1, 0.15) is 0 Å². The van der Waals surface area contributed by atoms with Gasteiger partial charge in [0.2, 0.25) is 0 Å². The van der Waals surface area contributed by atoms with Crippen LogP contribution in [-0.4, -0.2) is 78.8 Å². The van der Waals surface area contributed by atoms with E-state index in [1.54, 1.807) is 0 Å². The molecule has 0 N–H and O–H groups in total. The van der Waals surface area contributed by atoms with E-state index in [1.807, 2.05) is 0 Å². The molecule has 10 heteroatoms. The van der Waals surface area contributed by atoms with Gasteiger partial charge in [0.25, 0.3) is 0 Å². The average molecular weight is 337 g/mol. The Bertz CT molecular complexity index is 194. The number of carboxylic acids is 3. The topological polar surface area (TPSA) is 148 Å². The Labute approximate surface area is 123 Å². The van der Waals surface area contributed by atoms with Gasteiger partial charge in [0.15, 0.2) is 0 Å². The molecule has 0 saturated carbocycles. The smallest absolute Gasteiger partial charge is 0.548 e. The van der Waals surface area contributed by atoms with Crippen LogP contribution in [0.25, 0.3) is 0 Å².